The number of aromatic nitrogens is 3. The number of nitrogens with zero attached hydrogens (tertiary/aromatic N) is 3. The molecule has 2 heterocycles. The van der Waals surface area contributed by atoms with Crippen LogP contribution >= 0.6 is 0 Å². The smallest absolute Gasteiger partial charge is 0.149 e. The van der Waals surface area contributed by atoms with E-state index in [-0.39, 0.29) is 22.1 Å². The average molecular weight is 821 g/mol. The Hall–Kier alpha value is -6.26. The zero-order valence-corrected chi connectivity index (χ0v) is 38.0. The second-order valence-electron chi connectivity index (χ2n) is 19.3. The Bertz CT molecular complexity index is 3140. The molecule has 1 N–H and O–H groups in total. The number of hydrogen-bond donors (Lipinski definition) is 1. The molecule has 6 aromatic carbocycles. The van der Waals surface area contributed by atoms with E-state index >= 15 is 0 Å². The van der Waals surface area contributed by atoms with E-state index < -0.39 is 18.6 Å². The maximum absolute atomic E-state index is 12.0. The quantitative estimate of drug-likeness (QED) is 0.166. The molecule has 0 saturated heterocycles. The summed E-state index contributed by atoms with van der Waals surface area (Å²) in [6, 6.07) is 42.2. The predicted octanol–water partition coefficient (Wildman–Crippen LogP) is 15.9. The minimum Gasteiger partial charge on any atom is -0.507 e. The van der Waals surface area contributed by atoms with Crippen LogP contribution in [0.3, 0.4) is 0 Å². The van der Waals surface area contributed by atoms with Crippen molar-refractivity contribution in [2.45, 2.75) is 106 Å². The van der Waals surface area contributed by atoms with Crippen molar-refractivity contribution in [3.63, 3.8) is 0 Å². The fourth-order valence-electron chi connectivity index (χ4n) is 8.18. The summed E-state index contributed by atoms with van der Waals surface area (Å²) in [5.41, 5.74) is 13.2. The molecule has 0 unspecified atom stereocenters. The SMILES string of the molecule is [2H]C([2H])([2H])c1cc(-c2cc(C([2H])(C)C)cc(C([2H])(C)C)c2)ccc1-n1c(-c2cc(C(C)(C)C)cc(C)c2O)nc2c(-c3cc(-c4cc(-c5ccccc5)ccn4)cc(C(C)(C)C)c3)cccc21. The maximum Gasteiger partial charge on any atom is 0.149 e. The van der Waals surface area contributed by atoms with Crippen molar-refractivity contribution < 1.29 is 12.0 Å². The summed E-state index contributed by atoms with van der Waals surface area (Å²) in [6.45, 7) is 19.5. The molecular formula is C58H61N3O. The van der Waals surface area contributed by atoms with Crippen LogP contribution in [-0.4, -0.2) is 19.6 Å². The molecule has 62 heavy (non-hydrogen) atoms. The lowest BCUT2D eigenvalue weighted by Crippen LogP contribution is -2.12. The zero-order valence-electron chi connectivity index (χ0n) is 43.0. The van der Waals surface area contributed by atoms with Crippen molar-refractivity contribution in [1.82, 2.24) is 14.5 Å². The Labute approximate surface area is 376 Å². The van der Waals surface area contributed by atoms with Gasteiger partial charge in [-0.05, 0) is 146 Å². The van der Waals surface area contributed by atoms with E-state index in [4.69, 9.17) is 16.8 Å². The summed E-state index contributed by atoms with van der Waals surface area (Å²) in [7, 11) is 0. The summed E-state index contributed by atoms with van der Waals surface area (Å²) < 4.78 is 46.9. The van der Waals surface area contributed by atoms with Crippen LogP contribution in [0.1, 0.15) is 121 Å². The molecule has 314 valence electrons. The van der Waals surface area contributed by atoms with Gasteiger partial charge in [-0.25, -0.2) is 4.98 Å². The molecule has 0 amide bonds. The topological polar surface area (TPSA) is 50.9 Å². The lowest BCUT2D eigenvalue weighted by molar-refractivity contribution is 0.471. The fourth-order valence-corrected chi connectivity index (χ4v) is 8.18. The molecule has 0 aliphatic heterocycles. The Morgan fingerprint density at radius 2 is 1.24 bits per heavy atom. The highest BCUT2D eigenvalue weighted by Crippen LogP contribution is 2.43. The number of aryl methyl sites for hydroxylation is 2. The molecule has 8 aromatic rings. The second kappa shape index (κ2) is 16.2. The summed E-state index contributed by atoms with van der Waals surface area (Å²) in [6.07, 6.45) is 1.85. The molecule has 0 fully saturated rings. The van der Waals surface area contributed by atoms with Crippen LogP contribution in [0.4, 0.5) is 0 Å². The van der Waals surface area contributed by atoms with Crippen LogP contribution in [0.15, 0.2) is 134 Å². The third kappa shape index (κ3) is 8.23. The van der Waals surface area contributed by atoms with E-state index in [1.807, 2.05) is 124 Å². The number of aromatic hydroxyl groups is 1. The van der Waals surface area contributed by atoms with Gasteiger partial charge in [0.05, 0.1) is 28.0 Å². The summed E-state index contributed by atoms with van der Waals surface area (Å²) in [5, 5.41) is 12.0. The van der Waals surface area contributed by atoms with Gasteiger partial charge in [-0.3, -0.25) is 9.55 Å². The average Bonchev–Trinajstić information content (AvgIpc) is 3.65. The van der Waals surface area contributed by atoms with Gasteiger partial charge in [0, 0.05) is 24.2 Å². The largest absolute Gasteiger partial charge is 0.507 e. The van der Waals surface area contributed by atoms with E-state index in [0.29, 0.717) is 39.2 Å². The van der Waals surface area contributed by atoms with Crippen LogP contribution in [0.5, 0.6) is 5.75 Å². The first kappa shape index (κ1) is 36.4. The Morgan fingerprint density at radius 3 is 1.90 bits per heavy atom. The normalized spacial score (nSPS) is 14.0. The highest BCUT2D eigenvalue weighted by molar-refractivity contribution is 5.97. The van der Waals surface area contributed by atoms with Gasteiger partial charge in [-0.2, -0.15) is 0 Å². The standard InChI is InChI=1S/C58H61N3O/c1-35(2)42-27-43(36(3)4)29-44(28-42)40-21-22-52(37(5)25-40)61-53-20-16-19-49(54(53)60-56(61)50-34-47(57(7,8)9)26-38(6)55(50)62)45-30-46(32-48(31-45)58(10,11)12)51-33-41(23-24-59-51)39-17-14-13-15-18-39/h13-36,62H,1-12H3/i5D3,35D,36D. The van der Waals surface area contributed by atoms with Crippen molar-refractivity contribution in [2.75, 3.05) is 0 Å². The summed E-state index contributed by atoms with van der Waals surface area (Å²) in [4.78, 5) is 10.3. The highest BCUT2D eigenvalue weighted by Gasteiger charge is 2.26. The number of benzene rings is 6. The van der Waals surface area contributed by atoms with E-state index in [1.54, 1.807) is 6.07 Å². The van der Waals surface area contributed by atoms with E-state index in [1.165, 1.54) is 0 Å². The fraction of sp³-hybridized carbons (Fsp3) is 0.276. The van der Waals surface area contributed by atoms with Crippen LogP contribution in [0.2, 0.25) is 0 Å². The number of pyridine rings is 1. The van der Waals surface area contributed by atoms with E-state index in [0.717, 1.165) is 61.3 Å². The van der Waals surface area contributed by atoms with Crippen LogP contribution < -0.4 is 0 Å². The predicted molar refractivity (Wildman–Crippen MR) is 263 cm³/mol. The molecule has 0 atom stereocenters. The Balaban J connectivity index is 1.43. The first-order chi connectivity index (χ1) is 31.2. The van der Waals surface area contributed by atoms with Gasteiger partial charge in [0.1, 0.15) is 11.6 Å². The monoisotopic (exact) mass is 821 g/mol. The van der Waals surface area contributed by atoms with Gasteiger partial charge in [0.2, 0.25) is 0 Å². The van der Waals surface area contributed by atoms with Gasteiger partial charge < -0.3 is 5.11 Å². The van der Waals surface area contributed by atoms with Crippen LogP contribution in [0.25, 0.3) is 72.7 Å². The number of imidazole rings is 1. The number of fused-ring (bicyclic) bond motifs is 1. The number of phenols is 1. The molecular weight excluding hydrogens is 755 g/mol. The molecule has 4 nitrogen and oxygen atoms in total. The minimum atomic E-state index is -2.58. The van der Waals surface area contributed by atoms with Crippen molar-refractivity contribution in [1.29, 1.82) is 0 Å². The van der Waals surface area contributed by atoms with Crippen molar-refractivity contribution >= 4 is 11.0 Å². The third-order valence-corrected chi connectivity index (χ3v) is 12.0. The lowest BCUT2D eigenvalue weighted by atomic mass is 9.83. The number of para-hydroxylation sites is 1. The number of hydrogen-bond acceptors (Lipinski definition) is 3. The summed E-state index contributed by atoms with van der Waals surface area (Å²) in [5.74, 6) is -1.43. The van der Waals surface area contributed by atoms with E-state index in [9.17, 15) is 5.11 Å². The van der Waals surface area contributed by atoms with Crippen molar-refractivity contribution in [3.8, 4) is 67.5 Å². The molecule has 2 aromatic heterocycles. The lowest BCUT2D eigenvalue weighted by Gasteiger charge is -2.22. The number of phenolic OH excluding ortho intramolecular Hbond substituents is 1. The van der Waals surface area contributed by atoms with Crippen molar-refractivity contribution in [3.05, 3.63) is 167 Å². The van der Waals surface area contributed by atoms with Gasteiger partial charge in [0.25, 0.3) is 0 Å². The summed E-state index contributed by atoms with van der Waals surface area (Å²) >= 11 is 0. The molecule has 0 aliphatic rings. The maximum atomic E-state index is 12.0. The Morgan fingerprint density at radius 1 is 0.581 bits per heavy atom. The first-order valence-corrected chi connectivity index (χ1v) is 21.5. The van der Waals surface area contributed by atoms with Gasteiger partial charge in [-0.15, -0.1) is 0 Å². The van der Waals surface area contributed by atoms with Gasteiger partial charge in [-0.1, -0.05) is 148 Å². The molecule has 0 bridgehead atoms. The van der Waals surface area contributed by atoms with Gasteiger partial charge in [0.15, 0.2) is 0 Å². The molecule has 0 aliphatic carbocycles. The molecule has 0 radical (unpaired) electrons. The molecule has 0 spiro atoms. The van der Waals surface area contributed by atoms with Crippen LogP contribution in [0, 0.1) is 13.8 Å². The number of rotatable bonds is 8. The third-order valence-electron chi connectivity index (χ3n) is 12.0. The minimum absolute atomic E-state index is 0.0694. The highest BCUT2D eigenvalue weighted by atomic mass is 16.3. The molecule has 4 heteroatoms. The first-order valence-electron chi connectivity index (χ1n) is 24.0. The van der Waals surface area contributed by atoms with Crippen LogP contribution in [-0.2, 0) is 10.8 Å². The molecule has 0 saturated carbocycles. The zero-order chi connectivity index (χ0) is 48.6. The second-order valence-corrected chi connectivity index (χ2v) is 19.3. The molecule has 8 rings (SSSR count). The van der Waals surface area contributed by atoms with Crippen molar-refractivity contribution in [2.24, 2.45) is 0 Å². The Kier molecular flexibility index (Phi) is 9.52. The van der Waals surface area contributed by atoms with E-state index in [2.05, 4.69) is 84.0 Å². The van der Waals surface area contributed by atoms with Gasteiger partial charge >= 0.3 is 0 Å².